The minimum absolute atomic E-state index is 0.369. The van der Waals surface area contributed by atoms with E-state index >= 15 is 0 Å². The molecule has 0 spiro atoms. The van der Waals surface area contributed by atoms with Gasteiger partial charge >= 0.3 is 0 Å². The van der Waals surface area contributed by atoms with Gasteiger partial charge in [0.05, 0.1) is 6.04 Å². The highest BCUT2D eigenvalue weighted by Crippen LogP contribution is 2.07. The molecule has 0 heterocycles. The number of ether oxygens (including phenoxy) is 1. The molecule has 0 radical (unpaired) electrons. The highest BCUT2D eigenvalue weighted by molar-refractivity contribution is 5.79. The van der Waals surface area contributed by atoms with Gasteiger partial charge in [-0.2, -0.15) is 0 Å². The number of carbonyl (C=O) groups excluding carboxylic acids is 1. The van der Waals surface area contributed by atoms with Crippen LogP contribution in [0.2, 0.25) is 0 Å². The first kappa shape index (κ1) is 12.5. The normalized spacial score (nSPS) is 12.1. The molecule has 0 aliphatic rings. The van der Waals surface area contributed by atoms with Crippen LogP contribution in [0.25, 0.3) is 0 Å². The molecule has 5 nitrogen and oxygen atoms in total. The van der Waals surface area contributed by atoms with Crippen LogP contribution in [-0.4, -0.2) is 31.6 Å². The molecule has 0 aliphatic carbocycles. The first-order chi connectivity index (χ1) is 7.70. The van der Waals surface area contributed by atoms with Gasteiger partial charge in [0, 0.05) is 13.1 Å². The highest BCUT2D eigenvalue weighted by Gasteiger charge is 2.07. The maximum Gasteiger partial charge on any atom is 0.235 e. The molecular formula is C11H17N3O2. The van der Waals surface area contributed by atoms with Crippen LogP contribution >= 0.6 is 0 Å². The predicted octanol–water partition coefficient (Wildman–Crippen LogP) is -0.532. The third kappa shape index (κ3) is 4.77. The Morgan fingerprint density at radius 1 is 1.38 bits per heavy atom. The third-order valence-electron chi connectivity index (χ3n) is 2.02. The minimum atomic E-state index is -0.642. The van der Waals surface area contributed by atoms with Crippen LogP contribution in [0, 0.1) is 0 Å². The highest BCUT2D eigenvalue weighted by atomic mass is 16.5. The van der Waals surface area contributed by atoms with Crippen LogP contribution in [0.1, 0.15) is 0 Å². The molecule has 0 saturated carbocycles. The van der Waals surface area contributed by atoms with Crippen molar-refractivity contribution in [3.05, 3.63) is 30.3 Å². The maximum atomic E-state index is 10.6. The van der Waals surface area contributed by atoms with E-state index in [9.17, 15) is 4.79 Å². The van der Waals surface area contributed by atoms with Crippen molar-refractivity contribution in [2.24, 2.45) is 11.5 Å². The first-order valence-corrected chi connectivity index (χ1v) is 5.13. The molecule has 5 heteroatoms. The van der Waals surface area contributed by atoms with Gasteiger partial charge in [0.2, 0.25) is 5.91 Å². The van der Waals surface area contributed by atoms with Crippen molar-refractivity contribution in [1.82, 2.24) is 5.32 Å². The second-order valence-corrected chi connectivity index (χ2v) is 3.37. The lowest BCUT2D eigenvalue weighted by Gasteiger charge is -2.09. The van der Waals surface area contributed by atoms with Crippen LogP contribution in [0.5, 0.6) is 5.75 Å². The number of carbonyl (C=O) groups is 1. The Balaban J connectivity index is 2.07. The van der Waals surface area contributed by atoms with E-state index in [-0.39, 0.29) is 0 Å². The fraction of sp³-hybridized carbons (Fsp3) is 0.364. The number of nitrogens with two attached hydrogens (primary N) is 2. The molecule has 0 aromatic heterocycles. The van der Waals surface area contributed by atoms with Crippen LogP contribution in [0.4, 0.5) is 0 Å². The second-order valence-electron chi connectivity index (χ2n) is 3.37. The summed E-state index contributed by atoms with van der Waals surface area (Å²) in [6, 6.07) is 8.87. The van der Waals surface area contributed by atoms with Crippen molar-refractivity contribution < 1.29 is 9.53 Å². The van der Waals surface area contributed by atoms with Gasteiger partial charge in [-0.15, -0.1) is 0 Å². The zero-order valence-electron chi connectivity index (χ0n) is 9.06. The standard InChI is InChI=1S/C11H17N3O2/c12-10(11(13)15)8-14-6-7-16-9-4-2-1-3-5-9/h1-5,10,14H,6-8,12H2,(H2,13,15). The quantitative estimate of drug-likeness (QED) is 0.542. The molecule has 1 unspecified atom stereocenters. The number of nitrogens with one attached hydrogen (secondary N) is 1. The molecule has 1 rings (SSSR count). The second kappa shape index (κ2) is 6.81. The molecule has 1 aromatic carbocycles. The Morgan fingerprint density at radius 2 is 2.06 bits per heavy atom. The summed E-state index contributed by atoms with van der Waals surface area (Å²) in [5, 5.41) is 2.99. The van der Waals surface area contributed by atoms with E-state index in [0.717, 1.165) is 5.75 Å². The van der Waals surface area contributed by atoms with Gasteiger partial charge in [0.25, 0.3) is 0 Å². The topological polar surface area (TPSA) is 90.4 Å². The molecule has 0 saturated heterocycles. The summed E-state index contributed by atoms with van der Waals surface area (Å²) in [7, 11) is 0. The maximum absolute atomic E-state index is 10.6. The number of para-hydroxylation sites is 1. The van der Waals surface area contributed by atoms with Crippen molar-refractivity contribution in [3.63, 3.8) is 0 Å². The summed E-state index contributed by atoms with van der Waals surface area (Å²) in [6.07, 6.45) is 0. The number of hydrogen-bond acceptors (Lipinski definition) is 4. The van der Waals surface area contributed by atoms with Gasteiger partial charge < -0.3 is 21.5 Å². The Morgan fingerprint density at radius 3 is 2.69 bits per heavy atom. The van der Waals surface area contributed by atoms with Gasteiger partial charge in [-0.1, -0.05) is 18.2 Å². The number of amides is 1. The van der Waals surface area contributed by atoms with Crippen molar-refractivity contribution in [1.29, 1.82) is 0 Å². The lowest BCUT2D eigenvalue weighted by molar-refractivity contribution is -0.119. The zero-order chi connectivity index (χ0) is 11.8. The predicted molar refractivity (Wildman–Crippen MR) is 62.0 cm³/mol. The van der Waals surface area contributed by atoms with Crippen molar-refractivity contribution in [2.45, 2.75) is 6.04 Å². The lowest BCUT2D eigenvalue weighted by atomic mass is 10.3. The SMILES string of the molecule is NC(=O)C(N)CNCCOc1ccccc1. The molecule has 88 valence electrons. The average molecular weight is 223 g/mol. The monoisotopic (exact) mass is 223 g/mol. The molecule has 1 atom stereocenters. The number of rotatable bonds is 7. The summed E-state index contributed by atoms with van der Waals surface area (Å²) in [6.45, 7) is 1.51. The number of primary amides is 1. The molecule has 1 amide bonds. The summed E-state index contributed by atoms with van der Waals surface area (Å²) in [5.74, 6) is 0.319. The van der Waals surface area contributed by atoms with Crippen molar-refractivity contribution in [3.8, 4) is 5.75 Å². The fourth-order valence-electron chi connectivity index (χ4n) is 1.12. The van der Waals surface area contributed by atoms with Gasteiger partial charge in [0.1, 0.15) is 12.4 Å². The molecule has 16 heavy (non-hydrogen) atoms. The third-order valence-corrected chi connectivity index (χ3v) is 2.02. The Kier molecular flexibility index (Phi) is 5.31. The molecule has 0 aliphatic heterocycles. The van der Waals surface area contributed by atoms with E-state index in [1.165, 1.54) is 0 Å². The van der Waals surface area contributed by atoms with Gasteiger partial charge in [-0.3, -0.25) is 4.79 Å². The number of benzene rings is 1. The smallest absolute Gasteiger partial charge is 0.235 e. The van der Waals surface area contributed by atoms with Gasteiger partial charge in [-0.05, 0) is 12.1 Å². The molecule has 0 bridgehead atoms. The summed E-state index contributed by atoms with van der Waals surface area (Å²) in [4.78, 5) is 10.6. The first-order valence-electron chi connectivity index (χ1n) is 5.13. The van der Waals surface area contributed by atoms with E-state index in [2.05, 4.69) is 5.32 Å². The minimum Gasteiger partial charge on any atom is -0.492 e. The Hall–Kier alpha value is -1.59. The summed E-state index contributed by atoms with van der Waals surface area (Å²) in [5.41, 5.74) is 10.4. The largest absolute Gasteiger partial charge is 0.492 e. The van der Waals surface area contributed by atoms with Crippen molar-refractivity contribution >= 4 is 5.91 Å². The van der Waals surface area contributed by atoms with E-state index in [1.54, 1.807) is 0 Å². The molecule has 0 fully saturated rings. The van der Waals surface area contributed by atoms with E-state index < -0.39 is 11.9 Å². The van der Waals surface area contributed by atoms with Crippen LogP contribution in [0.15, 0.2) is 30.3 Å². The Bertz CT molecular complexity index is 316. The summed E-state index contributed by atoms with van der Waals surface area (Å²) < 4.78 is 5.43. The molecule has 5 N–H and O–H groups in total. The summed E-state index contributed by atoms with van der Waals surface area (Å²) >= 11 is 0. The van der Waals surface area contributed by atoms with Crippen LogP contribution < -0.4 is 21.5 Å². The zero-order valence-corrected chi connectivity index (χ0v) is 9.06. The lowest BCUT2D eigenvalue weighted by Crippen LogP contribution is -2.45. The molecule has 1 aromatic rings. The van der Waals surface area contributed by atoms with Crippen LogP contribution in [-0.2, 0) is 4.79 Å². The van der Waals surface area contributed by atoms with E-state index in [4.69, 9.17) is 16.2 Å². The van der Waals surface area contributed by atoms with Gasteiger partial charge in [0.15, 0.2) is 0 Å². The van der Waals surface area contributed by atoms with Gasteiger partial charge in [-0.25, -0.2) is 0 Å². The van der Waals surface area contributed by atoms with E-state index in [0.29, 0.717) is 19.7 Å². The average Bonchev–Trinajstić information content (AvgIpc) is 2.29. The molecular weight excluding hydrogens is 206 g/mol. The van der Waals surface area contributed by atoms with Crippen LogP contribution in [0.3, 0.4) is 0 Å². The van der Waals surface area contributed by atoms with Crippen molar-refractivity contribution in [2.75, 3.05) is 19.7 Å². The Labute approximate surface area is 94.8 Å². The van der Waals surface area contributed by atoms with E-state index in [1.807, 2.05) is 30.3 Å². The fourth-order valence-corrected chi connectivity index (χ4v) is 1.12. The number of hydrogen-bond donors (Lipinski definition) is 3.